The van der Waals surface area contributed by atoms with E-state index >= 15 is 0 Å². The van der Waals surface area contributed by atoms with Gasteiger partial charge in [-0.1, -0.05) is 78.9 Å². The molecule has 0 aliphatic heterocycles. The number of amides is 1. The topological polar surface area (TPSA) is 55.4 Å². The molecule has 0 aromatic heterocycles. The predicted molar refractivity (Wildman–Crippen MR) is 125 cm³/mol. The molecule has 1 aliphatic carbocycles. The highest BCUT2D eigenvalue weighted by molar-refractivity contribution is 7.98. The first-order valence-corrected chi connectivity index (χ1v) is 11.6. The molecule has 158 valence electrons. The number of nitrogens with one attached hydrogen (secondary N) is 1. The molecule has 0 spiro atoms. The van der Waals surface area contributed by atoms with Gasteiger partial charge in [0, 0.05) is 17.4 Å². The summed E-state index contributed by atoms with van der Waals surface area (Å²) in [6.07, 6.45) is -0.638. The summed E-state index contributed by atoms with van der Waals surface area (Å²) in [5, 5.41) is 2.01. The summed E-state index contributed by atoms with van der Waals surface area (Å²) in [5.74, 6) is 1.07. The number of thioether (sulfide) groups is 1. The van der Waals surface area contributed by atoms with Crippen LogP contribution in [0.25, 0.3) is 11.1 Å². The van der Waals surface area contributed by atoms with E-state index in [1.54, 1.807) is 0 Å². The highest BCUT2D eigenvalue weighted by Crippen LogP contribution is 2.44. The van der Waals surface area contributed by atoms with Gasteiger partial charge in [0.15, 0.2) is 0 Å². The first-order valence-electron chi connectivity index (χ1n) is 10.1. The fourth-order valence-corrected chi connectivity index (χ4v) is 5.05. The number of benzene rings is 3. The maximum atomic E-state index is 12.4. The van der Waals surface area contributed by atoms with E-state index in [1.807, 2.05) is 54.6 Å². The summed E-state index contributed by atoms with van der Waals surface area (Å²) in [6.45, 7) is 0.195. The predicted octanol–water partition coefficient (Wildman–Crippen LogP) is 5.59. The molecule has 31 heavy (non-hydrogen) atoms. The molecular formula is C25H22ClNO3S. The average molecular weight is 452 g/mol. The third kappa shape index (κ3) is 5.12. The third-order valence-electron chi connectivity index (χ3n) is 5.31. The van der Waals surface area contributed by atoms with E-state index in [-0.39, 0.29) is 12.5 Å². The fourth-order valence-electron chi connectivity index (χ4n) is 3.82. The SMILES string of the molecule is O=C(N[C@@H](CSCc1ccccc1)C(=O)Cl)OCC1c2ccccc2-c2ccccc21. The largest absolute Gasteiger partial charge is 0.449 e. The number of fused-ring (bicyclic) bond motifs is 3. The van der Waals surface area contributed by atoms with Gasteiger partial charge in [0.1, 0.15) is 12.6 Å². The zero-order valence-corrected chi connectivity index (χ0v) is 18.4. The van der Waals surface area contributed by atoms with Crippen LogP contribution in [0.4, 0.5) is 4.79 Å². The summed E-state index contributed by atoms with van der Waals surface area (Å²) in [6, 6.07) is 25.4. The van der Waals surface area contributed by atoms with Crippen LogP contribution in [0, 0.1) is 0 Å². The zero-order chi connectivity index (χ0) is 21.6. The Morgan fingerprint density at radius 1 is 0.903 bits per heavy atom. The number of hydrogen-bond acceptors (Lipinski definition) is 4. The number of ether oxygens (including phenoxy) is 1. The lowest BCUT2D eigenvalue weighted by Gasteiger charge is -2.17. The van der Waals surface area contributed by atoms with Gasteiger partial charge in [0.2, 0.25) is 5.24 Å². The molecule has 0 saturated heterocycles. The Balaban J connectivity index is 1.34. The maximum absolute atomic E-state index is 12.4. The third-order valence-corrected chi connectivity index (χ3v) is 6.68. The first kappa shape index (κ1) is 21.5. The Bertz CT molecular complexity index is 1030. The fraction of sp³-hybridized carbons (Fsp3) is 0.200. The van der Waals surface area contributed by atoms with E-state index in [9.17, 15) is 9.59 Å². The summed E-state index contributed by atoms with van der Waals surface area (Å²) < 4.78 is 5.51. The summed E-state index contributed by atoms with van der Waals surface area (Å²) in [7, 11) is 0. The standard InChI is InChI=1S/C25H22ClNO3S/c26-24(28)23(16-31-15-17-8-2-1-3-9-17)27-25(29)30-14-22-20-12-6-4-10-18(20)19-11-5-7-13-21(19)22/h1-13,22-23H,14-16H2,(H,27,29)/t23-/m0/s1. The molecule has 3 aromatic carbocycles. The van der Waals surface area contributed by atoms with Crippen molar-refractivity contribution in [3.05, 3.63) is 95.6 Å². The number of halogens is 1. The van der Waals surface area contributed by atoms with Crippen molar-refractivity contribution >= 4 is 34.7 Å². The smallest absolute Gasteiger partial charge is 0.407 e. The summed E-state index contributed by atoms with van der Waals surface area (Å²) >= 11 is 7.24. The highest BCUT2D eigenvalue weighted by atomic mass is 35.5. The van der Waals surface area contributed by atoms with Gasteiger partial charge in [-0.25, -0.2) is 4.79 Å². The number of carbonyl (C=O) groups excluding carboxylic acids is 2. The van der Waals surface area contributed by atoms with Gasteiger partial charge in [-0.2, -0.15) is 11.8 Å². The van der Waals surface area contributed by atoms with Crippen LogP contribution in [0.3, 0.4) is 0 Å². The molecule has 0 unspecified atom stereocenters. The lowest BCUT2D eigenvalue weighted by molar-refractivity contribution is -0.113. The Morgan fingerprint density at radius 2 is 1.48 bits per heavy atom. The van der Waals surface area contributed by atoms with Gasteiger partial charge >= 0.3 is 6.09 Å². The Morgan fingerprint density at radius 3 is 2.10 bits per heavy atom. The summed E-state index contributed by atoms with van der Waals surface area (Å²) in [5.41, 5.74) is 5.76. The molecule has 0 fully saturated rings. The van der Waals surface area contributed by atoms with Crippen molar-refractivity contribution in [2.75, 3.05) is 12.4 Å². The van der Waals surface area contributed by atoms with E-state index in [0.29, 0.717) is 5.75 Å². The zero-order valence-electron chi connectivity index (χ0n) is 16.8. The molecule has 1 aliphatic rings. The van der Waals surface area contributed by atoms with Gasteiger partial charge < -0.3 is 10.1 Å². The average Bonchev–Trinajstić information content (AvgIpc) is 3.11. The van der Waals surface area contributed by atoms with E-state index < -0.39 is 17.4 Å². The second-order valence-electron chi connectivity index (χ2n) is 7.33. The second kappa shape index (κ2) is 10.0. The van der Waals surface area contributed by atoms with Crippen LogP contribution < -0.4 is 5.32 Å². The van der Waals surface area contributed by atoms with Crippen LogP contribution >= 0.6 is 23.4 Å². The minimum Gasteiger partial charge on any atom is -0.449 e. The van der Waals surface area contributed by atoms with Crippen LogP contribution in [-0.2, 0) is 15.3 Å². The van der Waals surface area contributed by atoms with E-state index in [4.69, 9.17) is 16.3 Å². The Kier molecular flexibility index (Phi) is 6.95. The van der Waals surface area contributed by atoms with Crippen LogP contribution in [0.5, 0.6) is 0 Å². The molecule has 4 rings (SSSR count). The van der Waals surface area contributed by atoms with Crippen molar-refractivity contribution in [3.63, 3.8) is 0 Å². The first-order chi connectivity index (χ1) is 15.1. The molecule has 4 nitrogen and oxygen atoms in total. The van der Waals surface area contributed by atoms with Gasteiger partial charge in [0.25, 0.3) is 0 Å². The molecule has 0 bridgehead atoms. The van der Waals surface area contributed by atoms with Crippen molar-refractivity contribution in [1.82, 2.24) is 5.32 Å². The number of hydrogen-bond donors (Lipinski definition) is 1. The Hall–Kier alpha value is -2.76. The van der Waals surface area contributed by atoms with Gasteiger partial charge in [-0.05, 0) is 39.4 Å². The molecule has 0 saturated carbocycles. The quantitative estimate of drug-likeness (QED) is 0.453. The minimum atomic E-state index is -0.800. The monoisotopic (exact) mass is 451 g/mol. The number of rotatable bonds is 8. The minimum absolute atomic E-state index is 0.0317. The summed E-state index contributed by atoms with van der Waals surface area (Å²) in [4.78, 5) is 24.2. The molecule has 1 atom stereocenters. The van der Waals surface area contributed by atoms with Gasteiger partial charge in [-0.3, -0.25) is 4.79 Å². The number of carbonyl (C=O) groups is 2. The molecule has 1 amide bonds. The van der Waals surface area contributed by atoms with Crippen molar-refractivity contribution in [3.8, 4) is 11.1 Å². The van der Waals surface area contributed by atoms with Crippen LogP contribution in [0.2, 0.25) is 0 Å². The van der Waals surface area contributed by atoms with E-state index in [1.165, 1.54) is 22.9 Å². The van der Waals surface area contributed by atoms with Crippen molar-refractivity contribution in [2.45, 2.75) is 17.7 Å². The molecule has 0 radical (unpaired) electrons. The molecular weight excluding hydrogens is 430 g/mol. The van der Waals surface area contributed by atoms with Crippen LogP contribution in [0.1, 0.15) is 22.6 Å². The second-order valence-corrected chi connectivity index (χ2v) is 8.73. The normalized spacial score (nSPS) is 13.2. The van der Waals surface area contributed by atoms with Crippen molar-refractivity contribution in [2.24, 2.45) is 0 Å². The van der Waals surface area contributed by atoms with Gasteiger partial charge in [-0.15, -0.1) is 0 Å². The molecule has 0 heterocycles. The number of alkyl carbamates (subject to hydrolysis) is 1. The Labute approximate surface area is 191 Å². The lowest BCUT2D eigenvalue weighted by atomic mass is 9.98. The molecule has 1 N–H and O–H groups in total. The van der Waals surface area contributed by atoms with Crippen molar-refractivity contribution in [1.29, 1.82) is 0 Å². The molecule has 3 aromatic rings. The lowest BCUT2D eigenvalue weighted by Crippen LogP contribution is -2.41. The maximum Gasteiger partial charge on any atom is 0.407 e. The highest BCUT2D eigenvalue weighted by Gasteiger charge is 2.29. The van der Waals surface area contributed by atoms with Crippen molar-refractivity contribution < 1.29 is 14.3 Å². The molecule has 6 heteroatoms. The van der Waals surface area contributed by atoms with Crippen LogP contribution in [0.15, 0.2) is 78.9 Å². The van der Waals surface area contributed by atoms with Crippen LogP contribution in [-0.4, -0.2) is 29.7 Å². The van der Waals surface area contributed by atoms with E-state index in [0.717, 1.165) is 22.4 Å². The van der Waals surface area contributed by atoms with E-state index in [2.05, 4.69) is 29.6 Å². The van der Waals surface area contributed by atoms with Gasteiger partial charge in [0.05, 0.1) is 0 Å².